The van der Waals surface area contributed by atoms with Crippen LogP contribution in [0.2, 0.25) is 0 Å². The van der Waals surface area contributed by atoms with Gasteiger partial charge < -0.3 is 33.3 Å². The molecule has 0 amide bonds. The van der Waals surface area contributed by atoms with Gasteiger partial charge in [-0.05, 0) is 108 Å². The van der Waals surface area contributed by atoms with Gasteiger partial charge in [0.25, 0.3) is 0 Å². The van der Waals surface area contributed by atoms with Crippen LogP contribution in [-0.4, -0.2) is 77.9 Å². The predicted octanol–water partition coefficient (Wildman–Crippen LogP) is 9.70. The molecule has 1 aliphatic rings. The fourth-order valence-corrected chi connectivity index (χ4v) is 7.53. The normalized spacial score (nSPS) is 12.9. The van der Waals surface area contributed by atoms with Gasteiger partial charge in [0.05, 0.1) is 42.7 Å². The van der Waals surface area contributed by atoms with Crippen molar-refractivity contribution >= 4 is 42.3 Å². The summed E-state index contributed by atoms with van der Waals surface area (Å²) in [5, 5.41) is 0. The Hall–Kier alpha value is -4.48. The number of anilines is 1. The third kappa shape index (κ3) is 10.0. The summed E-state index contributed by atoms with van der Waals surface area (Å²) in [7, 11) is 9.80. The number of rotatable bonds is 15. The fourth-order valence-electron chi connectivity index (χ4n) is 7.13. The molecule has 0 spiro atoms. The highest BCUT2D eigenvalue weighted by Gasteiger charge is 2.26. The second kappa shape index (κ2) is 20.4. The van der Waals surface area contributed by atoms with Crippen LogP contribution in [0.4, 0.5) is 5.69 Å². The van der Waals surface area contributed by atoms with Crippen LogP contribution in [0, 0.1) is 0 Å². The van der Waals surface area contributed by atoms with Crippen molar-refractivity contribution in [3.05, 3.63) is 102 Å². The van der Waals surface area contributed by atoms with E-state index in [-0.39, 0.29) is 24.8 Å². The summed E-state index contributed by atoms with van der Waals surface area (Å²) in [4.78, 5) is 11.0. The third-order valence-corrected chi connectivity index (χ3v) is 10.6. The van der Waals surface area contributed by atoms with Gasteiger partial charge in [0.1, 0.15) is 0 Å². The minimum Gasteiger partial charge on any atom is -0.493 e. The molecule has 1 aromatic heterocycles. The molecule has 55 heavy (non-hydrogen) atoms. The average Bonchev–Trinajstić information content (AvgIpc) is 3.22. The first-order chi connectivity index (χ1) is 25.9. The summed E-state index contributed by atoms with van der Waals surface area (Å²) in [6, 6.07) is 28.3. The van der Waals surface area contributed by atoms with Crippen molar-refractivity contribution in [2.24, 2.45) is 0 Å². The van der Waals surface area contributed by atoms with Crippen molar-refractivity contribution < 1.29 is 28.4 Å². The second-order valence-corrected chi connectivity index (χ2v) is 13.8. The topological polar surface area (TPSA) is 74.8 Å². The minimum atomic E-state index is 0. The number of methoxy groups -OCH3 is 6. The molecule has 1 fully saturated rings. The molecule has 0 saturated carbocycles. The largest absolute Gasteiger partial charge is 0.493 e. The van der Waals surface area contributed by atoms with E-state index in [4.69, 9.17) is 28.4 Å². The van der Waals surface area contributed by atoms with E-state index in [0.717, 1.165) is 61.3 Å². The zero-order valence-corrected chi connectivity index (χ0v) is 34.9. The van der Waals surface area contributed by atoms with Crippen LogP contribution in [-0.2, 0) is 13.1 Å². The molecule has 5 aromatic rings. The SMILES string of the molecule is COc1cc(-c2cncc(CN3CCC(N(Cc4cccc(-c5cc(OC)c(OC)c(OC)c5)c4)c4ccc(SC)cc4)CC3)c2)cc(OC)c1OC.Cl.Cl. The standard InChI is InChI=1S/C43H49N3O6S.2ClH/c1-47-38-21-32(22-39(48-2)42(38)51-5)31-10-8-9-29(19-31)28-46(35-11-13-37(53-7)14-12-35)36-15-17-45(18-16-36)27-30-20-34(26-44-25-30)33-23-40(49-3)43(52-6)41(24-33)50-4;;/h8-14,19-26,36H,15-18,27-28H2,1-7H3;2*1H. The van der Waals surface area contributed by atoms with Crippen molar-refractivity contribution in [3.8, 4) is 56.8 Å². The highest BCUT2D eigenvalue weighted by Crippen LogP contribution is 2.43. The quantitative estimate of drug-likeness (QED) is 0.0955. The van der Waals surface area contributed by atoms with Crippen LogP contribution in [0.15, 0.2) is 96.2 Å². The summed E-state index contributed by atoms with van der Waals surface area (Å²) in [5.74, 6) is 3.68. The lowest BCUT2D eigenvalue weighted by Crippen LogP contribution is -2.44. The van der Waals surface area contributed by atoms with E-state index in [2.05, 4.69) is 75.6 Å². The molecule has 0 aliphatic carbocycles. The Morgan fingerprint density at radius 1 is 0.618 bits per heavy atom. The molecule has 0 unspecified atom stereocenters. The molecular weight excluding hydrogens is 757 g/mol. The van der Waals surface area contributed by atoms with Gasteiger partial charge in [-0.15, -0.1) is 36.6 Å². The first-order valence-electron chi connectivity index (χ1n) is 17.7. The number of likely N-dealkylation sites (tertiary alicyclic amines) is 1. The van der Waals surface area contributed by atoms with Crippen molar-refractivity contribution in [1.29, 1.82) is 0 Å². The van der Waals surface area contributed by atoms with Crippen LogP contribution < -0.4 is 33.3 Å². The summed E-state index contributed by atoms with van der Waals surface area (Å²) in [6.07, 6.45) is 8.07. The second-order valence-electron chi connectivity index (χ2n) is 12.9. The first kappa shape index (κ1) is 43.3. The number of aromatic nitrogens is 1. The van der Waals surface area contributed by atoms with Crippen LogP contribution in [0.25, 0.3) is 22.3 Å². The van der Waals surface area contributed by atoms with E-state index in [9.17, 15) is 0 Å². The van der Waals surface area contributed by atoms with E-state index in [1.165, 1.54) is 21.7 Å². The van der Waals surface area contributed by atoms with Gasteiger partial charge in [0, 0.05) is 60.8 Å². The molecule has 0 N–H and O–H groups in total. The number of benzene rings is 4. The lowest BCUT2D eigenvalue weighted by atomic mass is 9.98. The highest BCUT2D eigenvalue weighted by atomic mass is 35.5. The van der Waals surface area contributed by atoms with Crippen LogP contribution in [0.3, 0.4) is 0 Å². The fraction of sp³-hybridized carbons (Fsp3) is 0.326. The third-order valence-electron chi connectivity index (χ3n) is 9.88. The molecule has 2 heterocycles. The summed E-state index contributed by atoms with van der Waals surface area (Å²) >= 11 is 1.76. The lowest BCUT2D eigenvalue weighted by Gasteiger charge is -2.40. The molecule has 0 bridgehead atoms. The Morgan fingerprint density at radius 2 is 1.15 bits per heavy atom. The Labute approximate surface area is 342 Å². The maximum atomic E-state index is 5.65. The lowest BCUT2D eigenvalue weighted by molar-refractivity contribution is 0.200. The molecule has 9 nitrogen and oxygen atoms in total. The van der Waals surface area contributed by atoms with Crippen molar-refractivity contribution in [3.63, 3.8) is 0 Å². The van der Waals surface area contributed by atoms with Gasteiger partial charge >= 0.3 is 0 Å². The number of thioether (sulfide) groups is 1. The van der Waals surface area contributed by atoms with Gasteiger partial charge in [0.2, 0.25) is 11.5 Å². The molecule has 1 aliphatic heterocycles. The van der Waals surface area contributed by atoms with Crippen molar-refractivity contribution in [1.82, 2.24) is 9.88 Å². The summed E-state index contributed by atoms with van der Waals surface area (Å²) < 4.78 is 33.6. The summed E-state index contributed by atoms with van der Waals surface area (Å²) in [5.41, 5.74) is 7.72. The van der Waals surface area contributed by atoms with E-state index in [1.54, 1.807) is 54.4 Å². The Kier molecular flexibility index (Phi) is 16.1. The Bertz CT molecular complexity index is 1940. The highest BCUT2D eigenvalue weighted by molar-refractivity contribution is 7.98. The van der Waals surface area contributed by atoms with Crippen molar-refractivity contribution in [2.75, 3.05) is 66.9 Å². The molecule has 12 heteroatoms. The maximum Gasteiger partial charge on any atom is 0.203 e. The van der Waals surface area contributed by atoms with E-state index < -0.39 is 0 Å². The predicted molar refractivity (Wildman–Crippen MR) is 228 cm³/mol. The number of hydrogen-bond acceptors (Lipinski definition) is 10. The number of halogens is 2. The molecule has 6 rings (SSSR count). The zero-order chi connectivity index (χ0) is 37.3. The number of piperidine rings is 1. The first-order valence-corrected chi connectivity index (χ1v) is 18.9. The van der Waals surface area contributed by atoms with Gasteiger partial charge in [-0.1, -0.05) is 18.2 Å². The Morgan fingerprint density at radius 3 is 1.65 bits per heavy atom. The minimum absolute atomic E-state index is 0. The monoisotopic (exact) mass is 807 g/mol. The van der Waals surface area contributed by atoms with Gasteiger partial charge in [0.15, 0.2) is 23.0 Å². The Balaban J connectivity index is 0.00000336. The van der Waals surface area contributed by atoms with Crippen LogP contribution >= 0.6 is 36.6 Å². The number of nitrogens with zero attached hydrogens (tertiary/aromatic N) is 3. The number of pyridine rings is 1. The van der Waals surface area contributed by atoms with E-state index >= 15 is 0 Å². The maximum absolute atomic E-state index is 5.65. The van der Waals surface area contributed by atoms with Crippen LogP contribution in [0.1, 0.15) is 24.0 Å². The van der Waals surface area contributed by atoms with Crippen molar-refractivity contribution in [2.45, 2.75) is 36.9 Å². The molecule has 4 aromatic carbocycles. The molecule has 0 atom stereocenters. The molecule has 0 radical (unpaired) electrons. The van der Waals surface area contributed by atoms with E-state index in [0.29, 0.717) is 40.5 Å². The van der Waals surface area contributed by atoms with Gasteiger partial charge in [-0.2, -0.15) is 0 Å². The van der Waals surface area contributed by atoms with Gasteiger partial charge in [-0.3, -0.25) is 9.88 Å². The smallest absolute Gasteiger partial charge is 0.203 e. The number of ether oxygens (including phenoxy) is 6. The van der Waals surface area contributed by atoms with Gasteiger partial charge in [-0.25, -0.2) is 0 Å². The van der Waals surface area contributed by atoms with Crippen LogP contribution in [0.5, 0.6) is 34.5 Å². The number of hydrogen-bond donors (Lipinski definition) is 0. The van der Waals surface area contributed by atoms with E-state index in [1.807, 2.05) is 36.7 Å². The summed E-state index contributed by atoms with van der Waals surface area (Å²) in [6.45, 7) is 3.60. The molecular formula is C43H51Cl2N3O6S. The molecule has 1 saturated heterocycles. The molecule has 294 valence electrons. The average molecular weight is 809 g/mol. The zero-order valence-electron chi connectivity index (χ0n) is 32.5.